The summed E-state index contributed by atoms with van der Waals surface area (Å²) < 4.78 is 64.9. The summed E-state index contributed by atoms with van der Waals surface area (Å²) in [5.74, 6) is -1.30. The van der Waals surface area contributed by atoms with Gasteiger partial charge in [0.1, 0.15) is 98.7 Å². The smallest absolute Gasteiger partial charge is 0.463 e. The van der Waals surface area contributed by atoms with Crippen molar-refractivity contribution < 1.29 is 117 Å². The molecular formula is C70H129O24P. The molecule has 2 saturated heterocycles. The number of rotatable bonds is 56. The van der Waals surface area contributed by atoms with Crippen LogP contribution in [-0.2, 0) is 61.2 Å². The average molecular weight is 1390 g/mol. The molecule has 0 aromatic rings. The summed E-state index contributed by atoms with van der Waals surface area (Å²) in [4.78, 5) is 50.9. The van der Waals surface area contributed by atoms with Crippen LogP contribution in [0.15, 0.2) is 12.2 Å². The molecule has 0 spiro atoms. The van der Waals surface area contributed by atoms with Gasteiger partial charge in [0.15, 0.2) is 18.7 Å². The fourth-order valence-electron chi connectivity index (χ4n) is 12.3. The molecule has 0 amide bonds. The lowest BCUT2D eigenvalue weighted by Gasteiger charge is -2.49. The number of hydrogen-bond acceptors (Lipinski definition) is 23. The maximum Gasteiger partial charge on any atom is 0.472 e. The first-order chi connectivity index (χ1) is 45.7. The normalized spacial score (nSPS) is 28.5. The second-order valence-electron chi connectivity index (χ2n) is 26.9. The van der Waals surface area contributed by atoms with Crippen LogP contribution in [0.3, 0.4) is 0 Å². The number of aliphatic hydroxyl groups is 10. The van der Waals surface area contributed by atoms with Gasteiger partial charge >= 0.3 is 25.7 Å². The zero-order chi connectivity index (χ0) is 69.8. The molecule has 3 aliphatic rings. The van der Waals surface area contributed by atoms with E-state index in [-0.39, 0.29) is 19.3 Å². The Kier molecular flexibility index (Phi) is 47.4. The number of ether oxygens (including phenoxy) is 7. The summed E-state index contributed by atoms with van der Waals surface area (Å²) in [6, 6.07) is 0. The summed E-state index contributed by atoms with van der Waals surface area (Å²) in [6.07, 6.45) is 7.38. The van der Waals surface area contributed by atoms with Crippen molar-refractivity contribution in [3.05, 3.63) is 12.2 Å². The quantitative estimate of drug-likeness (QED) is 0.00887. The van der Waals surface area contributed by atoms with E-state index in [1.54, 1.807) is 0 Å². The van der Waals surface area contributed by atoms with Crippen molar-refractivity contribution in [2.45, 2.75) is 382 Å². The largest absolute Gasteiger partial charge is 0.472 e. The Morgan fingerprint density at radius 3 is 1.25 bits per heavy atom. The van der Waals surface area contributed by atoms with Gasteiger partial charge in [-0.15, -0.1) is 0 Å². The van der Waals surface area contributed by atoms with Crippen LogP contribution in [0, 0.1) is 5.92 Å². The van der Waals surface area contributed by atoms with Crippen LogP contribution in [0.5, 0.6) is 0 Å². The Morgan fingerprint density at radius 1 is 0.432 bits per heavy atom. The van der Waals surface area contributed by atoms with Crippen LogP contribution < -0.4 is 0 Å². The second-order valence-corrected chi connectivity index (χ2v) is 28.3. The predicted molar refractivity (Wildman–Crippen MR) is 356 cm³/mol. The van der Waals surface area contributed by atoms with E-state index in [2.05, 4.69) is 39.8 Å². The van der Waals surface area contributed by atoms with E-state index in [0.29, 0.717) is 25.2 Å². The Labute approximate surface area is 567 Å². The third kappa shape index (κ3) is 35.7. The average Bonchev–Trinajstić information content (AvgIpc) is 0.764. The van der Waals surface area contributed by atoms with E-state index in [1.807, 2.05) is 0 Å². The molecule has 3 fully saturated rings. The molecular weight excluding hydrogens is 1260 g/mol. The third-order valence-corrected chi connectivity index (χ3v) is 19.4. The van der Waals surface area contributed by atoms with Crippen molar-refractivity contribution >= 4 is 25.7 Å². The summed E-state index contributed by atoms with van der Waals surface area (Å²) in [7, 11) is -5.69. The molecule has 19 atom stereocenters. The van der Waals surface area contributed by atoms with Crippen molar-refractivity contribution in [3.63, 3.8) is 0 Å². The minimum absolute atomic E-state index is 0.00889. The van der Waals surface area contributed by atoms with E-state index in [0.717, 1.165) is 96.3 Å². The molecule has 0 bridgehead atoms. The van der Waals surface area contributed by atoms with Gasteiger partial charge in [-0.1, -0.05) is 226 Å². The number of unbranched alkanes of at least 4 members (excludes halogenated alkanes) is 29. The number of carbonyl (C=O) groups excluding carboxylic acids is 3. The van der Waals surface area contributed by atoms with Gasteiger partial charge in [-0.2, -0.15) is 0 Å². The number of hydrogen-bond donors (Lipinski definition) is 11. The molecule has 25 heteroatoms. The van der Waals surface area contributed by atoms with Gasteiger partial charge in [0.25, 0.3) is 0 Å². The van der Waals surface area contributed by atoms with Crippen LogP contribution in [0.1, 0.15) is 278 Å². The predicted octanol–water partition coefficient (Wildman–Crippen LogP) is 9.43. The SMILES string of the molecule is CCCCCCCC/C=C\CCCCCC(=O)OCC1OC(OC2C(O)C(O)C(O)C(OC3OC(CO)C(O)C(O)C3O)C2OP(=O)(O)OCC(COC(=O)CCCCCCCCC(C)CCCCCCCC)OC(=O)CCCCCCCCCCCCC)C(O)C(O)C1O. The molecule has 0 aromatic carbocycles. The Morgan fingerprint density at radius 2 is 0.800 bits per heavy atom. The van der Waals surface area contributed by atoms with E-state index in [1.165, 1.54) is 116 Å². The lowest BCUT2D eigenvalue weighted by atomic mass is 9.84. The molecule has 11 N–H and O–H groups in total. The van der Waals surface area contributed by atoms with Crippen LogP contribution in [0.25, 0.3) is 0 Å². The minimum atomic E-state index is -5.69. The molecule has 95 heavy (non-hydrogen) atoms. The number of allylic oxidation sites excluding steroid dienone is 2. The maximum atomic E-state index is 14.3. The lowest BCUT2D eigenvalue weighted by molar-refractivity contribution is -0.360. The van der Waals surface area contributed by atoms with Crippen molar-refractivity contribution in [1.82, 2.24) is 0 Å². The maximum absolute atomic E-state index is 14.3. The van der Waals surface area contributed by atoms with Crippen molar-refractivity contribution in [3.8, 4) is 0 Å². The van der Waals surface area contributed by atoms with Crippen LogP contribution >= 0.6 is 7.82 Å². The monoisotopic (exact) mass is 1380 g/mol. The Balaban J connectivity index is 1.75. The molecule has 1 aliphatic carbocycles. The highest BCUT2D eigenvalue weighted by Crippen LogP contribution is 2.49. The lowest BCUT2D eigenvalue weighted by Crippen LogP contribution is -2.69. The van der Waals surface area contributed by atoms with Gasteiger partial charge in [-0.3, -0.25) is 23.4 Å². The number of esters is 3. The van der Waals surface area contributed by atoms with Crippen molar-refractivity contribution in [2.24, 2.45) is 5.92 Å². The summed E-state index contributed by atoms with van der Waals surface area (Å²) in [5.41, 5.74) is 0. The van der Waals surface area contributed by atoms with E-state index in [9.17, 15) is 74.9 Å². The van der Waals surface area contributed by atoms with E-state index < -0.39 is 156 Å². The molecule has 0 aromatic heterocycles. The van der Waals surface area contributed by atoms with Gasteiger partial charge in [0.05, 0.1) is 13.2 Å². The van der Waals surface area contributed by atoms with Crippen LogP contribution in [-0.4, -0.2) is 204 Å². The van der Waals surface area contributed by atoms with Crippen molar-refractivity contribution in [1.29, 1.82) is 0 Å². The molecule has 24 nitrogen and oxygen atoms in total. The molecule has 19 unspecified atom stereocenters. The fraction of sp³-hybridized carbons (Fsp3) is 0.929. The first-order valence-electron chi connectivity index (χ1n) is 36.9. The molecule has 558 valence electrons. The molecule has 1 saturated carbocycles. The van der Waals surface area contributed by atoms with Gasteiger partial charge in [0.2, 0.25) is 0 Å². The zero-order valence-corrected chi connectivity index (χ0v) is 59.0. The highest BCUT2D eigenvalue weighted by Gasteiger charge is 2.58. The number of carbonyl (C=O) groups is 3. The third-order valence-electron chi connectivity index (χ3n) is 18.4. The first kappa shape index (κ1) is 86.9. The highest BCUT2D eigenvalue weighted by molar-refractivity contribution is 7.47. The molecule has 0 radical (unpaired) electrons. The second kappa shape index (κ2) is 51.8. The fourth-order valence-corrected chi connectivity index (χ4v) is 13.3. The van der Waals surface area contributed by atoms with Gasteiger partial charge in [-0.25, -0.2) is 4.57 Å². The summed E-state index contributed by atoms with van der Waals surface area (Å²) in [6.45, 7) is 5.73. The van der Waals surface area contributed by atoms with E-state index in [4.69, 9.17) is 42.2 Å². The van der Waals surface area contributed by atoms with E-state index >= 15 is 0 Å². The summed E-state index contributed by atoms with van der Waals surface area (Å²) >= 11 is 0. The summed E-state index contributed by atoms with van der Waals surface area (Å²) in [5, 5.41) is 110. The number of aliphatic hydroxyl groups excluding tert-OH is 10. The first-order valence-corrected chi connectivity index (χ1v) is 38.4. The van der Waals surface area contributed by atoms with Crippen LogP contribution in [0.4, 0.5) is 0 Å². The minimum Gasteiger partial charge on any atom is -0.463 e. The molecule has 2 heterocycles. The van der Waals surface area contributed by atoms with Crippen LogP contribution in [0.2, 0.25) is 0 Å². The van der Waals surface area contributed by atoms with Crippen molar-refractivity contribution in [2.75, 3.05) is 26.4 Å². The van der Waals surface area contributed by atoms with Gasteiger partial charge < -0.3 is 89.1 Å². The Bertz CT molecular complexity index is 2040. The number of phosphoric ester groups is 1. The highest BCUT2D eigenvalue weighted by atomic mass is 31.2. The number of phosphoric acid groups is 1. The Hall–Kier alpha value is -2.30. The van der Waals surface area contributed by atoms with Gasteiger partial charge in [-0.05, 0) is 50.9 Å². The zero-order valence-electron chi connectivity index (χ0n) is 58.1. The molecule has 3 rings (SSSR count). The standard InChI is InChI=1S/C70H129O24P/c1-5-8-11-14-17-19-21-22-24-25-27-33-39-44-55(73)87-49-53-58(76)60(78)65(83)70(91-53)93-67-63(81)61(79)62(80)66(92-69-64(82)59(77)57(75)52(46-71)90-69)68(67)94-95(84,85)88-48-51(89-56(74)45-40-35-28-26-23-20-18-15-12-9-6-2)47-86-54(72)43-38-34-30-29-32-37-42-50(4)41-36-31-16-13-10-7-3/h22,24,50-53,57-71,75-83H,5-21,23,25-49H2,1-4H3,(H,84,85)/b24-22-. The molecule has 2 aliphatic heterocycles. The van der Waals surface area contributed by atoms with Gasteiger partial charge in [0, 0.05) is 19.3 Å². The topological polar surface area (TPSA) is 374 Å².